The summed E-state index contributed by atoms with van der Waals surface area (Å²) < 4.78 is 27.6. The Labute approximate surface area is 124 Å². The lowest BCUT2D eigenvalue weighted by Gasteiger charge is -2.09. The maximum absolute atomic E-state index is 12.1. The van der Waals surface area contributed by atoms with Gasteiger partial charge in [0.25, 0.3) is 10.0 Å². The molecule has 0 radical (unpaired) electrons. The van der Waals surface area contributed by atoms with Crippen molar-refractivity contribution in [1.29, 1.82) is 0 Å². The minimum atomic E-state index is -3.59. The van der Waals surface area contributed by atoms with Crippen molar-refractivity contribution < 1.29 is 8.42 Å². The number of benzene rings is 2. The van der Waals surface area contributed by atoms with Gasteiger partial charge in [-0.2, -0.15) is 0 Å². The molecule has 0 saturated carbocycles. The predicted molar refractivity (Wildman–Crippen MR) is 81.4 cm³/mol. The number of sulfonamides is 1. The number of anilines is 1. The van der Waals surface area contributed by atoms with E-state index in [1.807, 2.05) is 0 Å². The highest BCUT2D eigenvalue weighted by Crippen LogP contribution is 2.24. The highest BCUT2D eigenvalue weighted by atomic mass is 127. The fourth-order valence-corrected chi connectivity index (χ4v) is 3.04. The molecule has 1 N–H and O–H groups in total. The maximum atomic E-state index is 12.1. The average Bonchev–Trinajstić information content (AvgIpc) is 2.32. The topological polar surface area (TPSA) is 46.2 Å². The fourth-order valence-electron chi connectivity index (χ4n) is 1.36. The second-order valence-corrected chi connectivity index (χ2v) is 6.87. The zero-order valence-corrected chi connectivity index (χ0v) is 12.8. The van der Waals surface area contributed by atoms with Crippen LogP contribution in [0.1, 0.15) is 0 Å². The number of para-hydroxylation sites is 1. The second kappa shape index (κ2) is 5.46. The van der Waals surface area contributed by atoms with Crippen LogP contribution in [-0.2, 0) is 10.0 Å². The summed E-state index contributed by atoms with van der Waals surface area (Å²) in [4.78, 5) is 0.211. The Morgan fingerprint density at radius 2 is 1.61 bits per heavy atom. The molecular weight excluding hydrogens is 385 g/mol. The molecule has 0 fully saturated rings. The first-order valence-electron chi connectivity index (χ1n) is 5.02. The molecule has 0 unspecified atom stereocenters. The largest absolute Gasteiger partial charge is 0.278 e. The van der Waals surface area contributed by atoms with Crippen molar-refractivity contribution in [3.8, 4) is 0 Å². The Kier molecular flexibility index (Phi) is 4.14. The summed E-state index contributed by atoms with van der Waals surface area (Å²) in [5, 5.41) is 0.367. The molecule has 6 heteroatoms. The second-order valence-electron chi connectivity index (χ2n) is 3.54. The molecule has 0 bridgehead atoms. The van der Waals surface area contributed by atoms with E-state index in [0.717, 1.165) is 3.57 Å². The van der Waals surface area contributed by atoms with Crippen molar-refractivity contribution in [3.63, 3.8) is 0 Å². The highest BCUT2D eigenvalue weighted by molar-refractivity contribution is 14.1. The molecule has 0 aliphatic carbocycles. The standard InChI is InChI=1S/C12H9ClINO2S/c13-11-3-1-2-4-12(11)15-18(16,17)10-7-5-9(14)6-8-10/h1-8,15H. The lowest BCUT2D eigenvalue weighted by molar-refractivity contribution is 0.601. The molecule has 0 aromatic heterocycles. The lowest BCUT2D eigenvalue weighted by atomic mass is 10.3. The third-order valence-corrected chi connectivity index (χ3v) is 4.67. The predicted octanol–water partition coefficient (Wildman–Crippen LogP) is 3.75. The van der Waals surface area contributed by atoms with E-state index in [9.17, 15) is 8.42 Å². The van der Waals surface area contributed by atoms with Crippen molar-refractivity contribution in [2.24, 2.45) is 0 Å². The van der Waals surface area contributed by atoms with Gasteiger partial charge in [0.15, 0.2) is 0 Å². The molecule has 3 nitrogen and oxygen atoms in total. The first-order valence-corrected chi connectivity index (χ1v) is 7.96. The Morgan fingerprint density at radius 1 is 1.00 bits per heavy atom. The summed E-state index contributed by atoms with van der Waals surface area (Å²) in [6.07, 6.45) is 0. The molecule has 2 aromatic carbocycles. The normalized spacial score (nSPS) is 11.2. The number of rotatable bonds is 3. The summed E-state index contributed by atoms with van der Waals surface area (Å²) in [5.74, 6) is 0. The van der Waals surface area contributed by atoms with Gasteiger partial charge in [-0.05, 0) is 59.0 Å². The van der Waals surface area contributed by atoms with Crippen molar-refractivity contribution in [2.45, 2.75) is 4.90 Å². The monoisotopic (exact) mass is 393 g/mol. The summed E-state index contributed by atoms with van der Waals surface area (Å²) in [5.41, 5.74) is 0.373. The van der Waals surface area contributed by atoms with Gasteiger partial charge in [-0.25, -0.2) is 8.42 Å². The van der Waals surface area contributed by atoms with Crippen LogP contribution in [0.3, 0.4) is 0 Å². The molecule has 0 amide bonds. The van der Waals surface area contributed by atoms with E-state index in [4.69, 9.17) is 11.6 Å². The molecule has 18 heavy (non-hydrogen) atoms. The quantitative estimate of drug-likeness (QED) is 0.808. The Hall–Kier alpha value is -0.790. The summed E-state index contributed by atoms with van der Waals surface area (Å²) in [6.45, 7) is 0. The van der Waals surface area contributed by atoms with Gasteiger partial charge >= 0.3 is 0 Å². The molecule has 0 atom stereocenters. The Morgan fingerprint density at radius 3 is 2.22 bits per heavy atom. The van der Waals surface area contributed by atoms with Crippen molar-refractivity contribution in [2.75, 3.05) is 4.72 Å². The van der Waals surface area contributed by atoms with Crippen LogP contribution in [-0.4, -0.2) is 8.42 Å². The van der Waals surface area contributed by atoms with Crippen LogP contribution >= 0.6 is 34.2 Å². The minimum Gasteiger partial charge on any atom is -0.278 e. The van der Waals surface area contributed by atoms with Gasteiger partial charge in [-0.3, -0.25) is 4.72 Å². The molecule has 0 heterocycles. The third-order valence-electron chi connectivity index (χ3n) is 2.24. The van der Waals surface area contributed by atoms with E-state index in [1.165, 1.54) is 0 Å². The maximum Gasteiger partial charge on any atom is 0.261 e. The zero-order chi connectivity index (χ0) is 13.2. The van der Waals surface area contributed by atoms with E-state index in [-0.39, 0.29) is 4.90 Å². The van der Waals surface area contributed by atoms with Crippen LogP contribution in [0.2, 0.25) is 5.02 Å². The zero-order valence-electron chi connectivity index (χ0n) is 9.10. The summed E-state index contributed by atoms with van der Waals surface area (Å²) >= 11 is 8.03. The summed E-state index contributed by atoms with van der Waals surface area (Å²) in [7, 11) is -3.59. The van der Waals surface area contributed by atoms with E-state index >= 15 is 0 Å². The molecule has 2 rings (SSSR count). The van der Waals surface area contributed by atoms with E-state index in [2.05, 4.69) is 27.3 Å². The van der Waals surface area contributed by atoms with Gasteiger partial charge < -0.3 is 0 Å². The molecule has 0 spiro atoms. The van der Waals surface area contributed by atoms with Crippen LogP contribution in [0.5, 0.6) is 0 Å². The number of nitrogens with one attached hydrogen (secondary N) is 1. The first kappa shape index (κ1) is 13.6. The lowest BCUT2D eigenvalue weighted by Crippen LogP contribution is -2.13. The van der Waals surface area contributed by atoms with Gasteiger partial charge in [-0.1, -0.05) is 23.7 Å². The summed E-state index contributed by atoms with van der Waals surface area (Å²) in [6, 6.07) is 13.3. The van der Waals surface area contributed by atoms with Gasteiger partial charge in [-0.15, -0.1) is 0 Å². The Balaban J connectivity index is 2.33. The molecule has 0 aliphatic heterocycles. The first-order chi connectivity index (χ1) is 8.49. The molecule has 2 aromatic rings. The SMILES string of the molecule is O=S(=O)(Nc1ccccc1Cl)c1ccc(I)cc1. The van der Waals surface area contributed by atoms with Crippen LogP contribution in [0.15, 0.2) is 53.4 Å². The molecule has 0 aliphatic rings. The average molecular weight is 394 g/mol. The van der Waals surface area contributed by atoms with Crippen molar-refractivity contribution >= 4 is 49.9 Å². The molecule has 0 saturated heterocycles. The van der Waals surface area contributed by atoms with Crippen LogP contribution in [0.25, 0.3) is 0 Å². The molecule has 94 valence electrons. The van der Waals surface area contributed by atoms with Crippen LogP contribution < -0.4 is 4.72 Å². The number of hydrogen-bond acceptors (Lipinski definition) is 2. The van der Waals surface area contributed by atoms with Gasteiger partial charge in [0.1, 0.15) is 0 Å². The minimum absolute atomic E-state index is 0.211. The van der Waals surface area contributed by atoms with Gasteiger partial charge in [0.2, 0.25) is 0 Å². The van der Waals surface area contributed by atoms with Crippen molar-refractivity contribution in [1.82, 2.24) is 0 Å². The number of hydrogen-bond donors (Lipinski definition) is 1. The molecular formula is C12H9ClINO2S. The van der Waals surface area contributed by atoms with Crippen LogP contribution in [0, 0.1) is 3.57 Å². The van der Waals surface area contributed by atoms with Crippen molar-refractivity contribution in [3.05, 3.63) is 57.1 Å². The third kappa shape index (κ3) is 3.15. The fraction of sp³-hybridized carbons (Fsp3) is 0. The van der Waals surface area contributed by atoms with E-state index in [0.29, 0.717) is 10.7 Å². The van der Waals surface area contributed by atoms with Gasteiger partial charge in [0.05, 0.1) is 15.6 Å². The van der Waals surface area contributed by atoms with Gasteiger partial charge in [0, 0.05) is 3.57 Å². The van der Waals surface area contributed by atoms with E-state index < -0.39 is 10.0 Å². The smallest absolute Gasteiger partial charge is 0.261 e. The van der Waals surface area contributed by atoms with E-state index in [1.54, 1.807) is 48.5 Å². The Bertz CT molecular complexity index is 656. The highest BCUT2D eigenvalue weighted by Gasteiger charge is 2.14. The van der Waals surface area contributed by atoms with Crippen LogP contribution in [0.4, 0.5) is 5.69 Å². The number of halogens is 2.